The molecule has 0 rings (SSSR count). The fourth-order valence-corrected chi connectivity index (χ4v) is 3.21. The van der Waals surface area contributed by atoms with E-state index in [1.807, 2.05) is 0 Å². The molecule has 0 N–H and O–H groups in total. The van der Waals surface area contributed by atoms with Crippen molar-refractivity contribution in [3.05, 3.63) is 0 Å². The Hall–Kier alpha value is 0. The first kappa shape index (κ1) is 16.0. The Labute approximate surface area is 104 Å². The minimum Gasteiger partial charge on any atom is -0.0628 e. The fraction of sp³-hybridized carbons (Fsp3) is 1.00. The standard InChI is InChI=1S/C16H34/c1-11(2)10-13(5)15(12(3)4)14(6)16(7,8)9/h11-15H,10H2,1-9H3. The lowest BCUT2D eigenvalue weighted by atomic mass is 9.65. The molecule has 0 amide bonds. The van der Waals surface area contributed by atoms with Crippen molar-refractivity contribution >= 4 is 0 Å². The van der Waals surface area contributed by atoms with Crippen molar-refractivity contribution in [1.82, 2.24) is 0 Å². The van der Waals surface area contributed by atoms with E-state index in [4.69, 9.17) is 0 Å². The van der Waals surface area contributed by atoms with Gasteiger partial charge in [0, 0.05) is 0 Å². The molecule has 3 atom stereocenters. The molecule has 0 saturated heterocycles. The van der Waals surface area contributed by atoms with Gasteiger partial charge in [0.05, 0.1) is 0 Å². The van der Waals surface area contributed by atoms with E-state index in [9.17, 15) is 0 Å². The second-order valence-electron chi connectivity index (χ2n) is 7.58. The average molecular weight is 226 g/mol. The minimum atomic E-state index is 0.431. The molecule has 0 nitrogen and oxygen atoms in total. The summed E-state index contributed by atoms with van der Waals surface area (Å²) < 4.78 is 0. The number of hydrogen-bond acceptors (Lipinski definition) is 0. The van der Waals surface area contributed by atoms with E-state index in [1.165, 1.54) is 6.42 Å². The smallest absolute Gasteiger partial charge is 0.0334 e. The molecular formula is C16H34. The van der Waals surface area contributed by atoms with Crippen molar-refractivity contribution in [1.29, 1.82) is 0 Å². The van der Waals surface area contributed by atoms with Crippen LogP contribution in [0.5, 0.6) is 0 Å². The highest BCUT2D eigenvalue weighted by Crippen LogP contribution is 2.41. The second kappa shape index (κ2) is 6.07. The molecule has 0 aromatic rings. The van der Waals surface area contributed by atoms with Gasteiger partial charge in [0.2, 0.25) is 0 Å². The van der Waals surface area contributed by atoms with Gasteiger partial charge in [-0.1, -0.05) is 62.3 Å². The molecular weight excluding hydrogens is 192 g/mol. The van der Waals surface area contributed by atoms with E-state index in [2.05, 4.69) is 62.3 Å². The van der Waals surface area contributed by atoms with Crippen molar-refractivity contribution in [3.8, 4) is 0 Å². The number of rotatable bonds is 5. The van der Waals surface area contributed by atoms with Crippen LogP contribution in [-0.2, 0) is 0 Å². The Morgan fingerprint density at radius 1 is 0.812 bits per heavy atom. The SMILES string of the molecule is CC(C)CC(C)C(C(C)C)C(C)C(C)(C)C. The Morgan fingerprint density at radius 3 is 1.50 bits per heavy atom. The quantitative estimate of drug-likeness (QED) is 0.570. The van der Waals surface area contributed by atoms with Gasteiger partial charge in [-0.25, -0.2) is 0 Å². The minimum absolute atomic E-state index is 0.431. The highest BCUT2D eigenvalue weighted by molar-refractivity contribution is 4.82. The zero-order valence-corrected chi connectivity index (χ0v) is 13.1. The first-order valence-electron chi connectivity index (χ1n) is 7.07. The lowest BCUT2D eigenvalue weighted by Gasteiger charge is -2.41. The molecule has 0 heterocycles. The molecule has 0 fully saturated rings. The first-order chi connectivity index (χ1) is 7.07. The van der Waals surface area contributed by atoms with E-state index >= 15 is 0 Å². The van der Waals surface area contributed by atoms with Crippen LogP contribution >= 0.6 is 0 Å². The largest absolute Gasteiger partial charge is 0.0628 e. The lowest BCUT2D eigenvalue weighted by Crippen LogP contribution is -2.33. The summed E-state index contributed by atoms with van der Waals surface area (Å²) in [5, 5.41) is 0. The summed E-state index contributed by atoms with van der Waals surface area (Å²) in [6.45, 7) is 21.5. The summed E-state index contributed by atoms with van der Waals surface area (Å²) in [4.78, 5) is 0. The zero-order valence-electron chi connectivity index (χ0n) is 13.1. The molecule has 0 aromatic carbocycles. The highest BCUT2D eigenvalue weighted by atomic mass is 14.4. The van der Waals surface area contributed by atoms with Crippen molar-refractivity contribution in [2.75, 3.05) is 0 Å². The van der Waals surface area contributed by atoms with Gasteiger partial charge in [0.25, 0.3) is 0 Å². The van der Waals surface area contributed by atoms with Crippen LogP contribution in [0.25, 0.3) is 0 Å². The van der Waals surface area contributed by atoms with Crippen LogP contribution in [0.3, 0.4) is 0 Å². The van der Waals surface area contributed by atoms with Crippen molar-refractivity contribution < 1.29 is 0 Å². The molecule has 0 aromatic heterocycles. The average Bonchev–Trinajstić information content (AvgIpc) is 1.99. The van der Waals surface area contributed by atoms with Gasteiger partial charge in [0.15, 0.2) is 0 Å². The summed E-state index contributed by atoms with van der Waals surface area (Å²) in [5.41, 5.74) is 0.431. The molecule has 16 heavy (non-hydrogen) atoms. The van der Waals surface area contributed by atoms with Crippen LogP contribution in [0.1, 0.15) is 68.7 Å². The first-order valence-corrected chi connectivity index (χ1v) is 7.07. The molecule has 0 spiro atoms. The predicted molar refractivity (Wildman–Crippen MR) is 75.6 cm³/mol. The van der Waals surface area contributed by atoms with Crippen LogP contribution < -0.4 is 0 Å². The Morgan fingerprint density at radius 2 is 1.25 bits per heavy atom. The zero-order chi connectivity index (χ0) is 13.1. The summed E-state index contributed by atoms with van der Waals surface area (Å²) in [6, 6.07) is 0. The molecule has 0 bridgehead atoms. The lowest BCUT2D eigenvalue weighted by molar-refractivity contribution is 0.0840. The van der Waals surface area contributed by atoms with Crippen LogP contribution in [0.4, 0.5) is 0 Å². The van der Waals surface area contributed by atoms with E-state index < -0.39 is 0 Å². The van der Waals surface area contributed by atoms with Crippen molar-refractivity contribution in [2.24, 2.45) is 35.0 Å². The van der Waals surface area contributed by atoms with Gasteiger partial charge in [-0.15, -0.1) is 0 Å². The van der Waals surface area contributed by atoms with E-state index in [-0.39, 0.29) is 0 Å². The monoisotopic (exact) mass is 226 g/mol. The van der Waals surface area contributed by atoms with Crippen LogP contribution in [0.15, 0.2) is 0 Å². The maximum atomic E-state index is 2.45. The van der Waals surface area contributed by atoms with Crippen molar-refractivity contribution in [2.45, 2.75) is 68.7 Å². The predicted octanol–water partition coefficient (Wildman–Crippen LogP) is 5.62. The maximum Gasteiger partial charge on any atom is -0.0334 e. The van der Waals surface area contributed by atoms with Gasteiger partial charge >= 0.3 is 0 Å². The van der Waals surface area contributed by atoms with Crippen molar-refractivity contribution in [3.63, 3.8) is 0 Å². The van der Waals surface area contributed by atoms with Crippen LogP contribution in [0, 0.1) is 35.0 Å². The normalized spacial score (nSPS) is 18.9. The summed E-state index contributed by atoms with van der Waals surface area (Å²) in [7, 11) is 0. The van der Waals surface area contributed by atoms with Gasteiger partial charge in [0.1, 0.15) is 0 Å². The van der Waals surface area contributed by atoms with Crippen LogP contribution in [0.2, 0.25) is 0 Å². The molecule has 3 unspecified atom stereocenters. The molecule has 0 aliphatic carbocycles. The van der Waals surface area contributed by atoms with E-state index in [0.717, 1.165) is 29.6 Å². The van der Waals surface area contributed by atoms with Gasteiger partial charge in [-0.2, -0.15) is 0 Å². The van der Waals surface area contributed by atoms with E-state index in [1.54, 1.807) is 0 Å². The number of hydrogen-bond donors (Lipinski definition) is 0. The highest BCUT2D eigenvalue weighted by Gasteiger charge is 2.33. The molecule has 0 saturated carbocycles. The molecule has 0 heteroatoms. The summed E-state index contributed by atoms with van der Waals surface area (Å²) in [5.74, 6) is 4.10. The maximum absolute atomic E-state index is 2.45. The van der Waals surface area contributed by atoms with Gasteiger partial charge < -0.3 is 0 Å². The van der Waals surface area contributed by atoms with E-state index in [0.29, 0.717) is 5.41 Å². The molecule has 98 valence electrons. The third-order valence-corrected chi connectivity index (χ3v) is 4.21. The third-order valence-electron chi connectivity index (χ3n) is 4.21. The molecule has 0 aliphatic rings. The fourth-order valence-electron chi connectivity index (χ4n) is 3.21. The Balaban J connectivity index is 4.73. The van der Waals surface area contributed by atoms with Gasteiger partial charge in [-0.3, -0.25) is 0 Å². The topological polar surface area (TPSA) is 0 Å². The molecule has 0 radical (unpaired) electrons. The second-order valence-corrected chi connectivity index (χ2v) is 7.58. The molecule has 0 aliphatic heterocycles. The summed E-state index contributed by atoms with van der Waals surface area (Å²) in [6.07, 6.45) is 1.36. The third kappa shape index (κ3) is 4.89. The summed E-state index contributed by atoms with van der Waals surface area (Å²) >= 11 is 0. The Kier molecular flexibility index (Phi) is 6.07. The van der Waals surface area contributed by atoms with Crippen LogP contribution in [-0.4, -0.2) is 0 Å². The Bertz CT molecular complexity index is 183. The van der Waals surface area contributed by atoms with Gasteiger partial charge in [-0.05, 0) is 41.4 Å².